The number of rotatable bonds is 3. The molecule has 1 aromatic heterocycles. The van der Waals surface area contributed by atoms with Crippen LogP contribution in [0.4, 0.5) is 4.39 Å². The van der Waals surface area contributed by atoms with Crippen LogP contribution < -0.4 is 5.76 Å². The molecule has 1 saturated heterocycles. The van der Waals surface area contributed by atoms with Gasteiger partial charge in [-0.05, 0) is 37.1 Å². The van der Waals surface area contributed by atoms with Gasteiger partial charge in [0.25, 0.3) is 0 Å². The molecule has 2 heterocycles. The lowest BCUT2D eigenvalue weighted by Crippen LogP contribution is -2.36. The number of likely N-dealkylation sites (tertiary alicyclic amines) is 1. The Morgan fingerprint density at radius 2 is 1.78 bits per heavy atom. The van der Waals surface area contributed by atoms with Gasteiger partial charge in [-0.25, -0.2) is 9.18 Å². The molecule has 0 N–H and O–H groups in total. The molecule has 0 atom stereocenters. The standard InChI is InChI=1S/C16H18FN3O3/c17-13-7-5-12(6-8-13)15-18-20(16(22)23-15)11-14(21)19-9-3-1-2-4-10-19/h5-8H,1-4,9-11H2. The van der Waals surface area contributed by atoms with E-state index in [0.29, 0.717) is 5.56 Å². The molecule has 3 rings (SSSR count). The van der Waals surface area contributed by atoms with Gasteiger partial charge >= 0.3 is 5.76 Å². The van der Waals surface area contributed by atoms with Crippen LogP contribution in [0, 0.1) is 5.82 Å². The number of amides is 1. The SMILES string of the molecule is O=C(Cn1nc(-c2ccc(F)cc2)oc1=O)N1CCCCCC1. The van der Waals surface area contributed by atoms with Crippen LogP contribution in [-0.2, 0) is 11.3 Å². The van der Waals surface area contributed by atoms with Gasteiger partial charge in [0, 0.05) is 18.7 Å². The second-order valence-electron chi connectivity index (χ2n) is 5.63. The zero-order valence-corrected chi connectivity index (χ0v) is 12.7. The van der Waals surface area contributed by atoms with Crippen LogP contribution in [0.5, 0.6) is 0 Å². The van der Waals surface area contributed by atoms with Crippen molar-refractivity contribution in [1.29, 1.82) is 0 Å². The van der Waals surface area contributed by atoms with E-state index in [9.17, 15) is 14.0 Å². The summed E-state index contributed by atoms with van der Waals surface area (Å²) in [4.78, 5) is 25.9. The van der Waals surface area contributed by atoms with Crippen LogP contribution in [0.15, 0.2) is 33.5 Å². The Labute approximate surface area is 132 Å². The summed E-state index contributed by atoms with van der Waals surface area (Å²) < 4.78 is 19.0. The normalized spacial score (nSPS) is 15.4. The maximum absolute atomic E-state index is 12.9. The van der Waals surface area contributed by atoms with Crippen LogP contribution in [0.1, 0.15) is 25.7 Å². The summed E-state index contributed by atoms with van der Waals surface area (Å²) in [5, 5.41) is 4.04. The molecule has 7 heteroatoms. The van der Waals surface area contributed by atoms with Crippen molar-refractivity contribution >= 4 is 5.91 Å². The molecule has 0 unspecified atom stereocenters. The summed E-state index contributed by atoms with van der Waals surface area (Å²) >= 11 is 0. The summed E-state index contributed by atoms with van der Waals surface area (Å²) in [5.41, 5.74) is 0.490. The summed E-state index contributed by atoms with van der Waals surface area (Å²) in [7, 11) is 0. The van der Waals surface area contributed by atoms with E-state index in [1.165, 1.54) is 24.3 Å². The monoisotopic (exact) mass is 319 g/mol. The Bertz CT molecular complexity index is 728. The van der Waals surface area contributed by atoms with Crippen molar-refractivity contribution in [2.75, 3.05) is 13.1 Å². The Morgan fingerprint density at radius 3 is 2.43 bits per heavy atom. The lowest BCUT2D eigenvalue weighted by Gasteiger charge is -2.19. The van der Waals surface area contributed by atoms with E-state index in [1.54, 1.807) is 4.90 Å². The number of halogens is 1. The van der Waals surface area contributed by atoms with Crippen LogP contribution in [0.3, 0.4) is 0 Å². The highest BCUT2D eigenvalue weighted by atomic mass is 19.1. The molecular weight excluding hydrogens is 301 g/mol. The molecule has 0 saturated carbocycles. The smallest absolute Gasteiger partial charge is 0.388 e. The highest BCUT2D eigenvalue weighted by Gasteiger charge is 2.19. The molecule has 0 radical (unpaired) electrons. The molecule has 1 aliphatic heterocycles. The number of benzene rings is 1. The second kappa shape index (κ2) is 6.76. The minimum atomic E-state index is -0.688. The van der Waals surface area contributed by atoms with Crippen molar-refractivity contribution in [3.8, 4) is 11.5 Å². The van der Waals surface area contributed by atoms with Gasteiger partial charge in [-0.15, -0.1) is 5.10 Å². The summed E-state index contributed by atoms with van der Waals surface area (Å²) in [5.74, 6) is -1.12. The molecular formula is C16H18FN3O3. The molecule has 1 aromatic carbocycles. The maximum Gasteiger partial charge on any atom is 0.437 e. The van der Waals surface area contributed by atoms with E-state index in [1.807, 2.05) is 0 Å². The van der Waals surface area contributed by atoms with Gasteiger partial charge < -0.3 is 9.32 Å². The quantitative estimate of drug-likeness (QED) is 0.868. The predicted molar refractivity (Wildman–Crippen MR) is 81.2 cm³/mol. The molecule has 0 bridgehead atoms. The van der Waals surface area contributed by atoms with Crippen LogP contribution in [0.2, 0.25) is 0 Å². The molecule has 1 amide bonds. The molecule has 6 nitrogen and oxygen atoms in total. The van der Waals surface area contributed by atoms with Crippen molar-refractivity contribution in [3.63, 3.8) is 0 Å². The van der Waals surface area contributed by atoms with E-state index in [-0.39, 0.29) is 24.2 Å². The van der Waals surface area contributed by atoms with Crippen molar-refractivity contribution in [1.82, 2.24) is 14.7 Å². The van der Waals surface area contributed by atoms with Gasteiger partial charge in [0.1, 0.15) is 12.4 Å². The number of nitrogens with zero attached hydrogens (tertiary/aromatic N) is 3. The van der Waals surface area contributed by atoms with E-state index < -0.39 is 5.76 Å². The first-order valence-electron chi connectivity index (χ1n) is 7.75. The average molecular weight is 319 g/mol. The Morgan fingerprint density at radius 1 is 1.13 bits per heavy atom. The minimum Gasteiger partial charge on any atom is -0.388 e. The summed E-state index contributed by atoms with van der Waals surface area (Å²) in [6, 6.07) is 5.47. The van der Waals surface area contributed by atoms with Gasteiger partial charge in [0.15, 0.2) is 0 Å². The Balaban J connectivity index is 1.74. The number of hydrogen-bond acceptors (Lipinski definition) is 4. The van der Waals surface area contributed by atoms with Crippen molar-refractivity contribution in [2.24, 2.45) is 0 Å². The number of carbonyl (C=O) groups is 1. The van der Waals surface area contributed by atoms with E-state index in [0.717, 1.165) is 43.5 Å². The largest absolute Gasteiger partial charge is 0.437 e. The van der Waals surface area contributed by atoms with Crippen molar-refractivity contribution in [2.45, 2.75) is 32.2 Å². The van der Waals surface area contributed by atoms with Gasteiger partial charge in [-0.1, -0.05) is 12.8 Å². The molecule has 0 aliphatic carbocycles. The second-order valence-corrected chi connectivity index (χ2v) is 5.63. The topological polar surface area (TPSA) is 68.3 Å². The third-order valence-corrected chi connectivity index (χ3v) is 3.94. The fourth-order valence-corrected chi connectivity index (χ4v) is 2.66. The fraction of sp³-hybridized carbons (Fsp3) is 0.438. The van der Waals surface area contributed by atoms with Crippen molar-refractivity contribution < 1.29 is 13.6 Å². The number of aromatic nitrogens is 2. The molecule has 23 heavy (non-hydrogen) atoms. The summed E-state index contributed by atoms with van der Waals surface area (Å²) in [6.07, 6.45) is 4.23. The zero-order chi connectivity index (χ0) is 16.2. The minimum absolute atomic E-state index is 0.0821. The number of carbonyl (C=O) groups excluding carboxylic acids is 1. The van der Waals surface area contributed by atoms with Gasteiger partial charge in [0.05, 0.1) is 0 Å². The van der Waals surface area contributed by atoms with E-state index >= 15 is 0 Å². The zero-order valence-electron chi connectivity index (χ0n) is 12.7. The first-order valence-corrected chi connectivity index (χ1v) is 7.75. The lowest BCUT2D eigenvalue weighted by molar-refractivity contribution is -0.132. The highest BCUT2D eigenvalue weighted by molar-refractivity contribution is 5.75. The summed E-state index contributed by atoms with van der Waals surface area (Å²) in [6.45, 7) is 1.30. The third kappa shape index (κ3) is 3.67. The average Bonchev–Trinajstić information content (AvgIpc) is 2.77. The van der Waals surface area contributed by atoms with Crippen LogP contribution >= 0.6 is 0 Å². The number of hydrogen-bond donors (Lipinski definition) is 0. The molecule has 122 valence electrons. The molecule has 0 spiro atoms. The molecule has 1 fully saturated rings. The van der Waals surface area contributed by atoms with Crippen LogP contribution in [0.25, 0.3) is 11.5 Å². The van der Waals surface area contributed by atoms with Crippen LogP contribution in [-0.4, -0.2) is 33.7 Å². The van der Waals surface area contributed by atoms with Gasteiger partial charge in [-0.2, -0.15) is 4.68 Å². The first kappa shape index (κ1) is 15.5. The molecule has 1 aliphatic rings. The fourth-order valence-electron chi connectivity index (χ4n) is 2.66. The lowest BCUT2D eigenvalue weighted by atomic mass is 10.2. The predicted octanol–water partition coefficient (Wildman–Crippen LogP) is 2.04. The van der Waals surface area contributed by atoms with Gasteiger partial charge in [0.2, 0.25) is 11.8 Å². The Kier molecular flexibility index (Phi) is 4.55. The maximum atomic E-state index is 12.9. The third-order valence-electron chi connectivity index (χ3n) is 3.94. The van der Waals surface area contributed by atoms with E-state index in [4.69, 9.17) is 4.42 Å². The van der Waals surface area contributed by atoms with Crippen molar-refractivity contribution in [3.05, 3.63) is 40.6 Å². The molecule has 2 aromatic rings. The Hall–Kier alpha value is -2.44. The van der Waals surface area contributed by atoms with Gasteiger partial charge in [-0.3, -0.25) is 4.79 Å². The first-order chi connectivity index (χ1) is 11.1. The van der Waals surface area contributed by atoms with E-state index in [2.05, 4.69) is 5.10 Å². The highest BCUT2D eigenvalue weighted by Crippen LogP contribution is 2.16.